The molecule has 0 bridgehead atoms. The van der Waals surface area contributed by atoms with Gasteiger partial charge >= 0.3 is 14.2 Å². The van der Waals surface area contributed by atoms with Crippen LogP contribution >= 0.6 is 0 Å². The van der Waals surface area contributed by atoms with Crippen molar-refractivity contribution < 1.29 is 23.4 Å². The molecule has 0 radical (unpaired) electrons. The molecular weight excluding hydrogens is 390 g/mol. The van der Waals surface area contributed by atoms with Gasteiger partial charge in [-0.2, -0.15) is 0 Å². The van der Waals surface area contributed by atoms with Gasteiger partial charge < -0.3 is 23.4 Å². The lowest BCUT2D eigenvalue weighted by molar-refractivity contribution is 0.00578. The van der Waals surface area contributed by atoms with Gasteiger partial charge in [0, 0.05) is 11.8 Å². The molecular formula is C24H38B2O5. The summed E-state index contributed by atoms with van der Waals surface area (Å²) in [7, 11) is -0.607. The number of ether oxygens (including phenoxy) is 1. The zero-order valence-corrected chi connectivity index (χ0v) is 20.6. The molecule has 2 atom stereocenters. The van der Waals surface area contributed by atoms with Gasteiger partial charge in [-0.1, -0.05) is 0 Å². The Hall–Kier alpha value is -0.590. The molecule has 170 valence electrons. The third-order valence-electron chi connectivity index (χ3n) is 9.06. The summed E-state index contributed by atoms with van der Waals surface area (Å²) in [5.74, 6) is 0.529. The lowest BCUT2D eigenvalue weighted by Crippen LogP contribution is -2.41. The van der Waals surface area contributed by atoms with Gasteiger partial charge in [-0.05, 0) is 103 Å². The average molecular weight is 428 g/mol. The second-order valence-electron chi connectivity index (χ2n) is 12.0. The monoisotopic (exact) mass is 428 g/mol. The molecule has 1 saturated carbocycles. The third kappa shape index (κ3) is 3.25. The smallest absolute Gasteiger partial charge is 0.400 e. The van der Waals surface area contributed by atoms with E-state index in [1.165, 1.54) is 34.9 Å². The fourth-order valence-corrected chi connectivity index (χ4v) is 5.73. The molecule has 5 rings (SSSR count). The van der Waals surface area contributed by atoms with Crippen LogP contribution in [-0.4, -0.2) is 49.9 Å². The Morgan fingerprint density at radius 1 is 0.581 bits per heavy atom. The fourth-order valence-electron chi connectivity index (χ4n) is 5.73. The van der Waals surface area contributed by atoms with E-state index in [0.717, 1.165) is 12.8 Å². The van der Waals surface area contributed by atoms with Crippen LogP contribution in [0.5, 0.6) is 0 Å². The van der Waals surface area contributed by atoms with Gasteiger partial charge in [-0.15, -0.1) is 0 Å². The van der Waals surface area contributed by atoms with Gasteiger partial charge in [0.1, 0.15) is 0 Å². The molecule has 3 heterocycles. The predicted molar refractivity (Wildman–Crippen MR) is 122 cm³/mol. The first kappa shape index (κ1) is 22.2. The van der Waals surface area contributed by atoms with Crippen LogP contribution in [0.3, 0.4) is 0 Å². The second kappa shape index (κ2) is 6.96. The molecule has 31 heavy (non-hydrogen) atoms. The Kier molecular flexibility index (Phi) is 4.99. The Labute approximate surface area is 188 Å². The Balaban J connectivity index is 1.61. The van der Waals surface area contributed by atoms with Crippen molar-refractivity contribution in [2.75, 3.05) is 13.2 Å². The summed E-state index contributed by atoms with van der Waals surface area (Å²) in [6.45, 7) is 18.5. The van der Waals surface area contributed by atoms with Gasteiger partial charge in [0.15, 0.2) is 0 Å². The van der Waals surface area contributed by atoms with E-state index < -0.39 is 0 Å². The van der Waals surface area contributed by atoms with E-state index in [1.54, 1.807) is 0 Å². The standard InChI is InChI=1S/C24H38B2O5/c1-21(2)22(3,4)29-25(28-21)19-15-11-9-10-12-16(15)20(18-14-27-13-17(18)19)26-30-23(5,6)24(7,8)31-26/h17-18H,9-14H2,1-8H3/t17-,18+. The summed E-state index contributed by atoms with van der Waals surface area (Å²) < 4.78 is 32.4. The van der Waals surface area contributed by atoms with Crippen LogP contribution in [0.1, 0.15) is 81.1 Å². The van der Waals surface area contributed by atoms with Crippen LogP contribution in [0.15, 0.2) is 22.1 Å². The molecule has 0 aromatic carbocycles. The highest BCUT2D eigenvalue weighted by Crippen LogP contribution is 2.53. The van der Waals surface area contributed by atoms with Gasteiger partial charge in [-0.3, -0.25) is 0 Å². The minimum Gasteiger partial charge on any atom is -0.400 e. The fraction of sp³-hybridized carbons (Fsp3) is 0.833. The Bertz CT molecular complexity index is 741. The Morgan fingerprint density at radius 2 is 0.903 bits per heavy atom. The van der Waals surface area contributed by atoms with Crippen molar-refractivity contribution in [2.45, 2.75) is 103 Å². The van der Waals surface area contributed by atoms with Crippen molar-refractivity contribution >= 4 is 14.2 Å². The molecule has 3 saturated heterocycles. The third-order valence-corrected chi connectivity index (χ3v) is 9.06. The zero-order chi connectivity index (χ0) is 22.4. The van der Waals surface area contributed by atoms with Gasteiger partial charge in [-0.25, -0.2) is 0 Å². The van der Waals surface area contributed by atoms with E-state index in [0.29, 0.717) is 13.2 Å². The maximum Gasteiger partial charge on any atom is 0.491 e. The maximum atomic E-state index is 6.57. The number of hydrogen-bond donors (Lipinski definition) is 0. The molecule has 7 heteroatoms. The van der Waals surface area contributed by atoms with Crippen molar-refractivity contribution in [3.05, 3.63) is 22.1 Å². The summed E-state index contributed by atoms with van der Waals surface area (Å²) in [6, 6.07) is 0. The van der Waals surface area contributed by atoms with E-state index in [9.17, 15) is 0 Å². The molecule has 4 fully saturated rings. The first-order chi connectivity index (χ1) is 14.3. The van der Waals surface area contributed by atoms with Crippen LogP contribution < -0.4 is 0 Å². The SMILES string of the molecule is CC1(C)OB(C2=C3CCCCC3=C(B3OC(C)(C)C(C)(C)O3)[C@@H]3COC[C@H]23)OC1(C)C. The number of hydrogen-bond acceptors (Lipinski definition) is 5. The predicted octanol–water partition coefficient (Wildman–Crippen LogP) is 4.69. The topological polar surface area (TPSA) is 46.2 Å². The van der Waals surface area contributed by atoms with E-state index in [4.69, 9.17) is 23.4 Å². The molecule has 3 aliphatic heterocycles. The summed E-state index contributed by atoms with van der Waals surface area (Å²) in [5.41, 5.74) is 4.15. The lowest BCUT2D eigenvalue weighted by Gasteiger charge is -2.38. The van der Waals surface area contributed by atoms with Gasteiger partial charge in [0.05, 0.1) is 35.6 Å². The van der Waals surface area contributed by atoms with Crippen LogP contribution in [0.4, 0.5) is 0 Å². The molecule has 0 aromatic rings. The number of allylic oxidation sites excluding steroid dienone is 2. The van der Waals surface area contributed by atoms with Crippen molar-refractivity contribution in [2.24, 2.45) is 11.8 Å². The van der Waals surface area contributed by atoms with E-state index in [1.807, 2.05) is 0 Å². The highest BCUT2D eigenvalue weighted by Gasteiger charge is 2.60. The average Bonchev–Trinajstić information content (AvgIpc) is 3.26. The number of fused-ring (bicyclic) bond motifs is 2. The van der Waals surface area contributed by atoms with Crippen molar-refractivity contribution in [3.63, 3.8) is 0 Å². The van der Waals surface area contributed by atoms with Crippen molar-refractivity contribution in [3.8, 4) is 0 Å². The zero-order valence-electron chi connectivity index (χ0n) is 20.6. The molecule has 5 aliphatic rings. The van der Waals surface area contributed by atoms with Crippen molar-refractivity contribution in [1.82, 2.24) is 0 Å². The highest BCUT2D eigenvalue weighted by molar-refractivity contribution is 6.57. The van der Waals surface area contributed by atoms with E-state index in [-0.39, 0.29) is 48.5 Å². The van der Waals surface area contributed by atoms with Crippen LogP contribution in [-0.2, 0) is 23.4 Å². The van der Waals surface area contributed by atoms with E-state index in [2.05, 4.69) is 55.4 Å². The molecule has 0 unspecified atom stereocenters. The summed E-state index contributed by atoms with van der Waals surface area (Å²) in [5, 5.41) is 0. The summed E-state index contributed by atoms with van der Waals surface area (Å²) in [4.78, 5) is 0. The number of rotatable bonds is 2. The maximum absolute atomic E-state index is 6.57. The molecule has 2 aliphatic carbocycles. The normalized spacial score (nSPS) is 35.6. The molecule has 0 amide bonds. The summed E-state index contributed by atoms with van der Waals surface area (Å²) >= 11 is 0. The summed E-state index contributed by atoms with van der Waals surface area (Å²) in [6.07, 6.45) is 4.55. The van der Waals surface area contributed by atoms with Crippen LogP contribution in [0, 0.1) is 11.8 Å². The Morgan fingerprint density at radius 3 is 1.23 bits per heavy atom. The molecule has 0 spiro atoms. The second-order valence-corrected chi connectivity index (χ2v) is 12.0. The van der Waals surface area contributed by atoms with Crippen LogP contribution in [0.25, 0.3) is 0 Å². The highest BCUT2D eigenvalue weighted by atomic mass is 16.7. The van der Waals surface area contributed by atoms with E-state index >= 15 is 0 Å². The first-order valence-corrected chi connectivity index (χ1v) is 12.1. The van der Waals surface area contributed by atoms with Crippen molar-refractivity contribution in [1.29, 1.82) is 0 Å². The molecule has 0 aromatic heterocycles. The molecule has 0 N–H and O–H groups in total. The largest absolute Gasteiger partial charge is 0.491 e. The quantitative estimate of drug-likeness (QED) is 0.598. The minimum atomic E-state index is -0.343. The van der Waals surface area contributed by atoms with Crippen LogP contribution in [0.2, 0.25) is 0 Å². The lowest BCUT2D eigenvalue weighted by atomic mass is 9.52. The molecule has 5 nitrogen and oxygen atoms in total. The van der Waals surface area contributed by atoms with Gasteiger partial charge in [0.25, 0.3) is 0 Å². The van der Waals surface area contributed by atoms with Gasteiger partial charge in [0.2, 0.25) is 0 Å². The minimum absolute atomic E-state index is 0.264. The first-order valence-electron chi connectivity index (χ1n) is 12.1.